The Morgan fingerprint density at radius 1 is 0.532 bits per heavy atom. The Kier molecular flexibility index (Phi) is 42.9. The summed E-state index contributed by atoms with van der Waals surface area (Å²) in [6, 6.07) is 0. The number of carbonyl (C=O) groups excluding carboxylic acids is 4. The van der Waals surface area contributed by atoms with Crippen molar-refractivity contribution in [3.8, 4) is 0 Å². The summed E-state index contributed by atoms with van der Waals surface area (Å²) in [4.78, 5) is 54.5. The molecule has 366 valence electrons. The minimum absolute atomic E-state index is 0.0636. The number of hydrogen-bond donors (Lipinski definition) is 6. The number of carbonyl (C=O) groups is 4. The van der Waals surface area contributed by atoms with Crippen LogP contribution in [0.25, 0.3) is 0 Å². The standard InChI is InChI=1S/C49H98N6O6S/c1-6-8-10-12-14-16-18-20-22-24-26-28-30-33-45(56)50-37-38-54-61-55(5)43-53-48(59)36-32-35-46(57)51-39-44(3)40-60-42-49(4,62)41-52-47(58)34-31-29-27-25-23-21-19-17-15-13-11-9-7-2/h44,54,62H,6-43H2,1-5H3,(H,50,56)(H,51,57)(H,52,58)(H,53,59). The summed E-state index contributed by atoms with van der Waals surface area (Å²) in [5.74, 6) is -0.0308. The lowest BCUT2D eigenvalue weighted by atomic mass is 10.0. The van der Waals surface area contributed by atoms with Crippen molar-refractivity contribution < 1.29 is 28.9 Å². The fourth-order valence-corrected chi connectivity index (χ4v) is 7.35. The molecule has 13 heteroatoms. The van der Waals surface area contributed by atoms with Crippen molar-refractivity contribution in [1.82, 2.24) is 31.8 Å². The summed E-state index contributed by atoms with van der Waals surface area (Å²) in [6.07, 6.45) is 35.5. The van der Waals surface area contributed by atoms with Gasteiger partial charge in [-0.1, -0.05) is 175 Å². The van der Waals surface area contributed by atoms with Crippen molar-refractivity contribution in [3.05, 3.63) is 0 Å². The number of unbranched alkanes of at least 4 members (excludes halogenated alkanes) is 24. The number of hydrogen-bond acceptors (Lipinski definition) is 9. The van der Waals surface area contributed by atoms with Gasteiger partial charge in [0.25, 0.3) is 0 Å². The highest BCUT2D eigenvalue weighted by Crippen LogP contribution is 2.16. The Morgan fingerprint density at radius 3 is 1.39 bits per heavy atom. The summed E-state index contributed by atoms with van der Waals surface area (Å²) in [7, 11) is 1.69. The summed E-state index contributed by atoms with van der Waals surface area (Å²) in [6.45, 7) is 11.3. The van der Waals surface area contributed by atoms with Gasteiger partial charge < -0.3 is 26.0 Å². The van der Waals surface area contributed by atoms with Crippen LogP contribution in [0.3, 0.4) is 0 Å². The van der Waals surface area contributed by atoms with Gasteiger partial charge in [-0.05, 0) is 32.1 Å². The van der Waals surface area contributed by atoms with E-state index in [4.69, 9.17) is 22.3 Å². The van der Waals surface area contributed by atoms with Gasteiger partial charge in [0.1, 0.15) is 0 Å². The average Bonchev–Trinajstić information content (AvgIpc) is 3.24. The Bertz CT molecular complexity index is 1070. The lowest BCUT2D eigenvalue weighted by Crippen LogP contribution is -2.40. The maximum Gasteiger partial charge on any atom is 0.221 e. The first-order chi connectivity index (χ1) is 30.0. The molecule has 0 saturated carbocycles. The van der Waals surface area contributed by atoms with Crippen LogP contribution in [0.15, 0.2) is 0 Å². The summed E-state index contributed by atoms with van der Waals surface area (Å²) >= 11 is 4.71. The van der Waals surface area contributed by atoms with E-state index < -0.39 is 4.75 Å². The predicted octanol–water partition coefficient (Wildman–Crippen LogP) is 10.3. The third kappa shape index (κ3) is 44.7. The van der Waals surface area contributed by atoms with Crippen molar-refractivity contribution in [3.63, 3.8) is 0 Å². The predicted molar refractivity (Wildman–Crippen MR) is 261 cm³/mol. The van der Waals surface area contributed by atoms with Crippen LogP contribution < -0.4 is 26.7 Å². The highest BCUT2D eigenvalue weighted by molar-refractivity contribution is 7.81. The van der Waals surface area contributed by atoms with E-state index in [1.54, 1.807) is 7.05 Å². The van der Waals surface area contributed by atoms with Crippen LogP contribution in [0.2, 0.25) is 0 Å². The Balaban J connectivity index is 3.70. The van der Waals surface area contributed by atoms with Crippen LogP contribution in [0.1, 0.15) is 227 Å². The van der Waals surface area contributed by atoms with Gasteiger partial charge in [-0.3, -0.25) is 19.2 Å². The van der Waals surface area contributed by atoms with Gasteiger partial charge in [-0.15, -0.1) is 0 Å². The molecule has 0 radical (unpaired) electrons. The van der Waals surface area contributed by atoms with Crippen molar-refractivity contribution in [1.29, 1.82) is 0 Å². The first-order valence-corrected chi connectivity index (χ1v) is 25.9. The van der Waals surface area contributed by atoms with E-state index in [-0.39, 0.29) is 49.1 Å². The van der Waals surface area contributed by atoms with Crippen molar-refractivity contribution in [2.24, 2.45) is 5.92 Å². The van der Waals surface area contributed by atoms with Crippen molar-refractivity contribution in [2.75, 3.05) is 53.1 Å². The van der Waals surface area contributed by atoms with Crippen molar-refractivity contribution in [2.45, 2.75) is 231 Å². The molecule has 0 heterocycles. The molecule has 0 saturated heterocycles. The first-order valence-electron chi connectivity index (χ1n) is 25.5. The SMILES string of the molecule is CCCCCCCCCCCCCCCC(=O)NCCNON(C)CNC(=O)CCCC(=O)NCC(C)COCC(C)(S)CNC(=O)CCCCCCCCCCCCCCC. The van der Waals surface area contributed by atoms with E-state index in [0.717, 1.165) is 25.7 Å². The third-order valence-corrected chi connectivity index (χ3v) is 11.5. The Morgan fingerprint density at radius 2 is 0.919 bits per heavy atom. The number of nitrogens with one attached hydrogen (secondary N) is 5. The van der Waals surface area contributed by atoms with Gasteiger partial charge in [0.2, 0.25) is 23.6 Å². The number of ether oxygens (including phenoxy) is 1. The minimum Gasteiger partial charge on any atom is -0.380 e. The molecule has 0 aromatic heterocycles. The summed E-state index contributed by atoms with van der Waals surface area (Å²) < 4.78 is 5.40. The fourth-order valence-electron chi connectivity index (χ4n) is 7.18. The van der Waals surface area contributed by atoms with E-state index in [2.05, 4.69) is 40.6 Å². The topological polar surface area (TPSA) is 150 Å². The normalized spacial score (nSPS) is 12.9. The zero-order chi connectivity index (χ0) is 45.8. The lowest BCUT2D eigenvalue weighted by molar-refractivity contribution is -0.197. The second kappa shape index (κ2) is 44.3. The fraction of sp³-hybridized carbons (Fsp3) is 0.918. The molecule has 0 aliphatic rings. The highest BCUT2D eigenvalue weighted by Gasteiger charge is 2.21. The molecule has 2 unspecified atom stereocenters. The van der Waals surface area contributed by atoms with Gasteiger partial charge in [0.05, 0.1) is 24.6 Å². The van der Waals surface area contributed by atoms with E-state index in [0.29, 0.717) is 58.7 Å². The number of amides is 4. The molecule has 12 nitrogen and oxygen atoms in total. The molecule has 0 aromatic carbocycles. The molecule has 0 fully saturated rings. The molecule has 0 aliphatic carbocycles. The average molecular weight is 899 g/mol. The van der Waals surface area contributed by atoms with E-state index >= 15 is 0 Å². The maximum atomic E-state index is 12.4. The number of rotatable bonds is 47. The summed E-state index contributed by atoms with van der Waals surface area (Å²) in [5.41, 5.74) is 2.79. The van der Waals surface area contributed by atoms with E-state index in [1.165, 1.54) is 146 Å². The van der Waals surface area contributed by atoms with Gasteiger partial charge in [0.15, 0.2) is 0 Å². The summed E-state index contributed by atoms with van der Waals surface area (Å²) in [5, 5.41) is 13.1. The van der Waals surface area contributed by atoms with E-state index in [1.807, 2.05) is 13.8 Å². The largest absolute Gasteiger partial charge is 0.380 e. The highest BCUT2D eigenvalue weighted by atomic mass is 32.1. The van der Waals surface area contributed by atoms with Crippen LogP contribution in [-0.2, 0) is 28.9 Å². The third-order valence-electron chi connectivity index (χ3n) is 11.2. The molecular weight excluding hydrogens is 801 g/mol. The molecule has 2 atom stereocenters. The van der Waals surface area contributed by atoms with Crippen LogP contribution in [0.4, 0.5) is 0 Å². The van der Waals surface area contributed by atoms with Crippen LogP contribution in [0, 0.1) is 5.92 Å². The second-order valence-corrected chi connectivity index (χ2v) is 19.3. The van der Waals surface area contributed by atoms with Crippen LogP contribution in [-0.4, -0.2) is 86.5 Å². The Labute approximate surface area is 386 Å². The van der Waals surface area contributed by atoms with Crippen molar-refractivity contribution >= 4 is 36.3 Å². The zero-order valence-electron chi connectivity index (χ0n) is 40.8. The molecule has 4 amide bonds. The molecule has 0 spiro atoms. The Hall–Kier alpha value is -1.93. The quantitative estimate of drug-likeness (QED) is 0.0153. The van der Waals surface area contributed by atoms with Gasteiger partial charge >= 0.3 is 0 Å². The number of thiol groups is 1. The smallest absolute Gasteiger partial charge is 0.221 e. The van der Waals surface area contributed by atoms with E-state index in [9.17, 15) is 19.2 Å². The molecule has 62 heavy (non-hydrogen) atoms. The first kappa shape index (κ1) is 60.1. The second-order valence-electron chi connectivity index (χ2n) is 18.3. The van der Waals surface area contributed by atoms with Gasteiger partial charge in [-0.2, -0.15) is 23.2 Å². The van der Waals surface area contributed by atoms with Crippen LogP contribution in [0.5, 0.6) is 0 Å². The number of hydroxylamine groups is 3. The monoisotopic (exact) mass is 899 g/mol. The molecule has 5 N–H and O–H groups in total. The van der Waals surface area contributed by atoms with Gasteiger partial charge in [0, 0.05) is 58.9 Å². The molecule has 0 aliphatic heterocycles. The zero-order valence-corrected chi connectivity index (χ0v) is 41.7. The molecular formula is C49H98N6O6S. The molecule has 0 bridgehead atoms. The molecule has 0 aromatic rings. The maximum absolute atomic E-state index is 12.4. The minimum atomic E-state index is -0.489. The number of nitrogens with zero attached hydrogens (tertiary/aromatic N) is 1. The van der Waals surface area contributed by atoms with Crippen LogP contribution >= 0.6 is 12.6 Å². The lowest BCUT2D eigenvalue weighted by Gasteiger charge is -2.25. The molecule has 0 rings (SSSR count). The van der Waals surface area contributed by atoms with Gasteiger partial charge in [-0.25, -0.2) is 4.94 Å².